The van der Waals surface area contributed by atoms with Crippen molar-refractivity contribution < 1.29 is 9.72 Å². The molecule has 2 aromatic heterocycles. The number of hydrogen-bond donors (Lipinski definition) is 1. The maximum absolute atomic E-state index is 12.0. The Morgan fingerprint density at radius 3 is 2.90 bits per heavy atom. The van der Waals surface area contributed by atoms with Gasteiger partial charge in [-0.05, 0) is 6.92 Å². The van der Waals surface area contributed by atoms with Crippen LogP contribution in [-0.4, -0.2) is 25.6 Å². The number of nitro groups is 1. The van der Waals surface area contributed by atoms with Crippen LogP contribution in [-0.2, 0) is 6.54 Å². The second kappa shape index (κ2) is 5.66. The van der Waals surface area contributed by atoms with E-state index in [2.05, 4.69) is 15.4 Å². The van der Waals surface area contributed by atoms with Gasteiger partial charge in [-0.1, -0.05) is 11.6 Å². The number of nitrogens with one attached hydrogen (secondary N) is 1. The van der Waals surface area contributed by atoms with E-state index in [9.17, 15) is 14.9 Å². The Bertz CT molecular complexity index is 670. The van der Waals surface area contributed by atoms with Crippen molar-refractivity contribution in [3.05, 3.63) is 45.5 Å². The van der Waals surface area contributed by atoms with Gasteiger partial charge in [-0.25, -0.2) is 4.98 Å². The lowest BCUT2D eigenvalue weighted by Gasteiger charge is -2.03. The van der Waals surface area contributed by atoms with Crippen molar-refractivity contribution >= 4 is 28.9 Å². The largest absolute Gasteiger partial charge is 0.319 e. The molecule has 1 N–H and O–H groups in total. The Morgan fingerprint density at radius 1 is 1.55 bits per heavy atom. The first kappa shape index (κ1) is 13.9. The zero-order valence-electron chi connectivity index (χ0n) is 10.4. The monoisotopic (exact) mass is 295 g/mol. The summed E-state index contributed by atoms with van der Waals surface area (Å²) in [7, 11) is 0. The molecule has 0 unspecified atom stereocenters. The molecule has 0 saturated heterocycles. The molecule has 0 fully saturated rings. The van der Waals surface area contributed by atoms with E-state index >= 15 is 0 Å². The third-order valence-corrected chi connectivity index (χ3v) is 2.80. The number of nitrogens with zero attached hydrogens (tertiary/aromatic N) is 4. The summed E-state index contributed by atoms with van der Waals surface area (Å²) >= 11 is 5.78. The molecule has 0 aliphatic heterocycles. The van der Waals surface area contributed by atoms with Gasteiger partial charge in [0.2, 0.25) is 0 Å². The van der Waals surface area contributed by atoms with E-state index in [1.165, 1.54) is 6.20 Å². The van der Waals surface area contributed by atoms with Gasteiger partial charge in [0.05, 0.1) is 22.4 Å². The summed E-state index contributed by atoms with van der Waals surface area (Å²) < 4.78 is 1.63. The highest BCUT2D eigenvalue weighted by Crippen LogP contribution is 2.20. The van der Waals surface area contributed by atoms with Crippen LogP contribution in [0.5, 0.6) is 0 Å². The molecule has 2 rings (SSSR count). The summed E-state index contributed by atoms with van der Waals surface area (Å²) in [4.78, 5) is 25.7. The van der Waals surface area contributed by atoms with Gasteiger partial charge < -0.3 is 5.32 Å². The lowest BCUT2D eigenvalue weighted by molar-refractivity contribution is -0.385. The van der Waals surface area contributed by atoms with Gasteiger partial charge in [-0.3, -0.25) is 19.6 Å². The van der Waals surface area contributed by atoms with Crippen molar-refractivity contribution in [2.45, 2.75) is 13.5 Å². The van der Waals surface area contributed by atoms with E-state index in [-0.39, 0.29) is 16.4 Å². The van der Waals surface area contributed by atoms with Crippen LogP contribution < -0.4 is 5.32 Å². The van der Waals surface area contributed by atoms with E-state index in [1.807, 2.05) is 6.92 Å². The van der Waals surface area contributed by atoms with E-state index in [0.29, 0.717) is 12.2 Å². The van der Waals surface area contributed by atoms with Crippen LogP contribution in [0, 0.1) is 10.1 Å². The minimum absolute atomic E-state index is 0.0647. The second-order valence-corrected chi connectivity index (χ2v) is 4.19. The minimum Gasteiger partial charge on any atom is -0.319 e. The zero-order valence-corrected chi connectivity index (χ0v) is 11.2. The van der Waals surface area contributed by atoms with Gasteiger partial charge in [-0.2, -0.15) is 5.10 Å². The van der Waals surface area contributed by atoms with Gasteiger partial charge >= 0.3 is 0 Å². The maximum atomic E-state index is 12.0. The molecule has 0 aliphatic carbocycles. The molecule has 2 heterocycles. The van der Waals surface area contributed by atoms with Gasteiger partial charge in [0.25, 0.3) is 11.6 Å². The van der Waals surface area contributed by atoms with Crippen LogP contribution >= 0.6 is 11.6 Å². The first-order valence-electron chi connectivity index (χ1n) is 5.65. The van der Waals surface area contributed by atoms with Gasteiger partial charge in [0.15, 0.2) is 0 Å². The van der Waals surface area contributed by atoms with Crippen molar-refractivity contribution in [3.63, 3.8) is 0 Å². The molecule has 104 valence electrons. The third kappa shape index (κ3) is 2.91. The van der Waals surface area contributed by atoms with E-state index < -0.39 is 10.8 Å². The molecule has 0 radical (unpaired) electrons. The maximum Gasteiger partial charge on any atom is 0.288 e. The van der Waals surface area contributed by atoms with Crippen LogP contribution in [0.15, 0.2) is 24.7 Å². The molecule has 2 aromatic rings. The number of hydrogen-bond acceptors (Lipinski definition) is 5. The first-order chi connectivity index (χ1) is 9.51. The Balaban J connectivity index is 2.24. The fraction of sp³-hybridized carbons (Fsp3) is 0.182. The lowest BCUT2D eigenvalue weighted by atomic mass is 10.2. The highest BCUT2D eigenvalue weighted by molar-refractivity contribution is 6.33. The Kier molecular flexibility index (Phi) is 3.94. The minimum atomic E-state index is -0.644. The van der Waals surface area contributed by atoms with Crippen molar-refractivity contribution in [3.8, 4) is 0 Å². The van der Waals surface area contributed by atoms with Crippen LogP contribution in [0.3, 0.4) is 0 Å². The Hall–Kier alpha value is -2.48. The summed E-state index contributed by atoms with van der Waals surface area (Å²) in [5.41, 5.74) is 0.105. The second-order valence-electron chi connectivity index (χ2n) is 3.83. The molecule has 8 nitrogen and oxygen atoms in total. The number of aryl methyl sites for hydroxylation is 1. The molecule has 0 aliphatic rings. The average Bonchev–Trinajstić information content (AvgIpc) is 2.86. The lowest BCUT2D eigenvalue weighted by Crippen LogP contribution is -2.13. The molecule has 0 aromatic carbocycles. The number of carbonyl (C=O) groups excluding carboxylic acids is 1. The molecular formula is C11H10ClN5O3. The van der Waals surface area contributed by atoms with Crippen molar-refractivity contribution in [2.24, 2.45) is 0 Å². The molecular weight excluding hydrogens is 286 g/mol. The fourth-order valence-electron chi connectivity index (χ4n) is 1.50. The molecule has 0 saturated carbocycles. The number of anilines is 1. The molecule has 1 amide bonds. The molecule has 0 atom stereocenters. The quantitative estimate of drug-likeness (QED) is 0.528. The molecule has 20 heavy (non-hydrogen) atoms. The smallest absolute Gasteiger partial charge is 0.288 e. The fourth-order valence-corrected chi connectivity index (χ4v) is 1.68. The predicted molar refractivity (Wildman–Crippen MR) is 71.8 cm³/mol. The average molecular weight is 296 g/mol. The Labute approximate surface area is 118 Å². The number of halogens is 1. The number of amides is 1. The summed E-state index contributed by atoms with van der Waals surface area (Å²) in [5.74, 6) is -0.582. The molecule has 0 bridgehead atoms. The summed E-state index contributed by atoms with van der Waals surface area (Å²) in [6, 6.07) is 1.08. The SMILES string of the molecule is CCn1cc(NC(=O)c2cc([N+](=O)[O-])cnc2Cl)cn1. The number of carbonyl (C=O) groups is 1. The normalized spacial score (nSPS) is 10.3. The number of pyridine rings is 1. The van der Waals surface area contributed by atoms with Crippen LogP contribution in [0.4, 0.5) is 11.4 Å². The van der Waals surface area contributed by atoms with Gasteiger partial charge in [0, 0.05) is 18.8 Å². The van der Waals surface area contributed by atoms with Crippen molar-refractivity contribution in [2.75, 3.05) is 5.32 Å². The molecule has 9 heteroatoms. The van der Waals surface area contributed by atoms with Crippen LogP contribution in [0.25, 0.3) is 0 Å². The molecule has 0 spiro atoms. The third-order valence-electron chi connectivity index (χ3n) is 2.50. The number of aromatic nitrogens is 3. The highest BCUT2D eigenvalue weighted by Gasteiger charge is 2.17. The van der Waals surface area contributed by atoms with E-state index in [1.54, 1.807) is 10.9 Å². The number of rotatable bonds is 4. The standard InChI is InChI=1S/C11H10ClN5O3/c1-2-16-6-7(4-14-16)15-11(18)9-3-8(17(19)20)5-13-10(9)12/h3-6H,2H2,1H3,(H,15,18). The zero-order chi connectivity index (χ0) is 14.7. The van der Waals surface area contributed by atoms with Crippen molar-refractivity contribution in [1.29, 1.82) is 0 Å². The summed E-state index contributed by atoms with van der Waals surface area (Å²) in [5, 5.41) is 17.1. The highest BCUT2D eigenvalue weighted by atomic mass is 35.5. The predicted octanol–water partition coefficient (Wildman–Crippen LogP) is 2.11. The summed E-state index contributed by atoms with van der Waals surface area (Å²) in [6.07, 6.45) is 4.10. The van der Waals surface area contributed by atoms with Crippen molar-refractivity contribution in [1.82, 2.24) is 14.8 Å². The first-order valence-corrected chi connectivity index (χ1v) is 6.02. The Morgan fingerprint density at radius 2 is 2.30 bits per heavy atom. The van der Waals surface area contributed by atoms with Crippen LogP contribution in [0.1, 0.15) is 17.3 Å². The van der Waals surface area contributed by atoms with Gasteiger partial charge in [0.1, 0.15) is 11.3 Å². The van der Waals surface area contributed by atoms with E-state index in [4.69, 9.17) is 11.6 Å². The van der Waals surface area contributed by atoms with Crippen LogP contribution in [0.2, 0.25) is 5.15 Å². The summed E-state index contributed by atoms with van der Waals surface area (Å²) in [6.45, 7) is 2.56. The topological polar surface area (TPSA) is 103 Å². The van der Waals surface area contributed by atoms with E-state index in [0.717, 1.165) is 12.3 Å². The van der Waals surface area contributed by atoms with Gasteiger partial charge in [-0.15, -0.1) is 0 Å².